The first-order valence-electron chi connectivity index (χ1n) is 10.6. The van der Waals surface area contributed by atoms with Crippen molar-refractivity contribution in [1.29, 1.82) is 0 Å². The third kappa shape index (κ3) is 4.65. The van der Waals surface area contributed by atoms with Crippen molar-refractivity contribution in [2.75, 3.05) is 6.61 Å². The molecular weight excluding hydrogens is 433 g/mol. The van der Waals surface area contributed by atoms with Crippen LogP contribution >= 0.6 is 0 Å². The van der Waals surface area contributed by atoms with E-state index in [0.717, 1.165) is 30.8 Å². The molecule has 0 amide bonds. The molecule has 0 bridgehead atoms. The van der Waals surface area contributed by atoms with Gasteiger partial charge in [-0.15, -0.1) is 0 Å². The first-order valence-corrected chi connectivity index (χ1v) is 10.6. The van der Waals surface area contributed by atoms with Crippen LogP contribution in [-0.2, 0) is 6.18 Å². The average molecular weight is 456 g/mol. The van der Waals surface area contributed by atoms with Gasteiger partial charge >= 0.3 is 6.18 Å². The highest BCUT2D eigenvalue weighted by molar-refractivity contribution is 5.90. The van der Waals surface area contributed by atoms with Crippen LogP contribution in [0, 0.1) is 0 Å². The lowest BCUT2D eigenvalue weighted by Crippen LogP contribution is -2.12. The van der Waals surface area contributed by atoms with Gasteiger partial charge in [0.2, 0.25) is 0 Å². The first kappa shape index (κ1) is 22.7. The van der Waals surface area contributed by atoms with Crippen molar-refractivity contribution in [3.05, 3.63) is 60.2 Å². The Labute approximate surface area is 188 Å². The summed E-state index contributed by atoms with van der Waals surface area (Å²) in [7, 11) is 0. The second-order valence-electron chi connectivity index (χ2n) is 7.48. The molecule has 4 rings (SSSR count). The molecule has 1 aromatic carbocycles. The van der Waals surface area contributed by atoms with Crippen molar-refractivity contribution >= 4 is 10.9 Å². The van der Waals surface area contributed by atoms with Gasteiger partial charge in [-0.05, 0) is 43.7 Å². The Morgan fingerprint density at radius 1 is 1.12 bits per heavy atom. The van der Waals surface area contributed by atoms with E-state index < -0.39 is 11.9 Å². The van der Waals surface area contributed by atoms with E-state index in [9.17, 15) is 13.2 Å². The van der Waals surface area contributed by atoms with Crippen molar-refractivity contribution in [2.24, 2.45) is 5.73 Å². The lowest BCUT2D eigenvalue weighted by Gasteiger charge is -2.13. The molecule has 0 saturated carbocycles. The highest BCUT2D eigenvalue weighted by Gasteiger charge is 2.33. The average Bonchev–Trinajstić information content (AvgIpc) is 3.23. The maximum Gasteiger partial charge on any atom is 0.433 e. The second-order valence-corrected chi connectivity index (χ2v) is 7.48. The van der Waals surface area contributed by atoms with Crippen LogP contribution in [0.4, 0.5) is 13.2 Å². The summed E-state index contributed by atoms with van der Waals surface area (Å²) < 4.78 is 46.6. The van der Waals surface area contributed by atoms with Crippen LogP contribution in [0.3, 0.4) is 0 Å². The van der Waals surface area contributed by atoms with E-state index >= 15 is 0 Å². The fraction of sp³-hybridized carbons (Fsp3) is 0.304. The number of nitrogens with two attached hydrogens (primary N) is 1. The summed E-state index contributed by atoms with van der Waals surface area (Å²) in [6.07, 6.45) is -0.270. The number of benzene rings is 1. The fourth-order valence-electron chi connectivity index (χ4n) is 3.56. The van der Waals surface area contributed by atoms with Crippen molar-refractivity contribution in [1.82, 2.24) is 24.7 Å². The van der Waals surface area contributed by atoms with Gasteiger partial charge in [-0.2, -0.15) is 23.0 Å². The van der Waals surface area contributed by atoms with Gasteiger partial charge in [-0.1, -0.05) is 19.4 Å². The van der Waals surface area contributed by atoms with Crippen molar-refractivity contribution in [2.45, 2.75) is 38.9 Å². The van der Waals surface area contributed by atoms with E-state index in [1.54, 1.807) is 6.07 Å². The number of pyridine rings is 1. The molecule has 4 aromatic rings. The number of aromatic nitrogens is 5. The number of rotatable bonds is 7. The SMILES string of the molecule is CCC[C@H](N)c1cccc(-c2cc(OCC)c3cnn(-c4nccc(C(F)(F)F)n4)c3c2)n1. The van der Waals surface area contributed by atoms with Gasteiger partial charge in [0.05, 0.1) is 35.1 Å². The Morgan fingerprint density at radius 2 is 1.94 bits per heavy atom. The minimum Gasteiger partial charge on any atom is -0.493 e. The molecule has 0 unspecified atom stereocenters. The number of hydrogen-bond acceptors (Lipinski definition) is 6. The summed E-state index contributed by atoms with van der Waals surface area (Å²) >= 11 is 0. The van der Waals surface area contributed by atoms with Gasteiger partial charge in [0.25, 0.3) is 5.95 Å². The molecule has 0 aliphatic heterocycles. The van der Waals surface area contributed by atoms with Crippen LogP contribution in [-0.4, -0.2) is 31.3 Å². The number of alkyl halides is 3. The predicted molar refractivity (Wildman–Crippen MR) is 118 cm³/mol. The van der Waals surface area contributed by atoms with E-state index in [1.165, 1.54) is 10.9 Å². The maximum absolute atomic E-state index is 13.2. The number of nitrogens with zero attached hydrogens (tertiary/aromatic N) is 5. The third-order valence-electron chi connectivity index (χ3n) is 5.12. The minimum absolute atomic E-state index is 0.186. The largest absolute Gasteiger partial charge is 0.493 e. The molecule has 3 heterocycles. The number of hydrogen-bond donors (Lipinski definition) is 1. The van der Waals surface area contributed by atoms with E-state index in [-0.39, 0.29) is 12.0 Å². The van der Waals surface area contributed by atoms with Crippen LogP contribution in [0.5, 0.6) is 5.75 Å². The second kappa shape index (κ2) is 9.14. The molecule has 172 valence electrons. The normalized spacial score (nSPS) is 12.8. The van der Waals surface area contributed by atoms with Crippen LogP contribution in [0.2, 0.25) is 0 Å². The van der Waals surface area contributed by atoms with Gasteiger partial charge in [0.1, 0.15) is 11.4 Å². The van der Waals surface area contributed by atoms with Gasteiger partial charge in [0.15, 0.2) is 0 Å². The standard InChI is InChI=1S/C23H23F3N6O/c1-3-6-16(27)18-8-5-7-17(30-18)14-11-19-15(20(12-14)33-4-2)13-29-32(19)22-28-10-9-21(31-22)23(24,25)26/h5,7-13,16H,3-4,6,27H2,1-2H3/t16-/m0/s1. The molecule has 0 saturated heterocycles. The van der Waals surface area contributed by atoms with Crippen LogP contribution < -0.4 is 10.5 Å². The molecule has 2 N–H and O–H groups in total. The highest BCUT2D eigenvalue weighted by Crippen LogP contribution is 2.34. The molecule has 7 nitrogen and oxygen atoms in total. The quantitative estimate of drug-likeness (QED) is 0.416. The molecule has 3 aromatic heterocycles. The molecule has 0 radical (unpaired) electrons. The van der Waals surface area contributed by atoms with E-state index in [0.29, 0.717) is 34.5 Å². The van der Waals surface area contributed by atoms with E-state index in [2.05, 4.69) is 22.0 Å². The number of fused-ring (bicyclic) bond motifs is 1. The van der Waals surface area contributed by atoms with Crippen molar-refractivity contribution in [3.8, 4) is 23.0 Å². The zero-order valence-corrected chi connectivity index (χ0v) is 18.2. The van der Waals surface area contributed by atoms with Crippen LogP contribution in [0.15, 0.2) is 48.8 Å². The smallest absolute Gasteiger partial charge is 0.433 e. The molecular formula is C23H23F3N6O. The Kier molecular flexibility index (Phi) is 6.28. The Bertz CT molecular complexity index is 1270. The van der Waals surface area contributed by atoms with Crippen LogP contribution in [0.25, 0.3) is 28.1 Å². The summed E-state index contributed by atoms with van der Waals surface area (Å²) in [5, 5.41) is 4.87. The Hall–Kier alpha value is -3.53. The van der Waals surface area contributed by atoms with Gasteiger partial charge < -0.3 is 10.5 Å². The molecule has 10 heteroatoms. The zero-order chi connectivity index (χ0) is 23.6. The maximum atomic E-state index is 13.2. The molecule has 0 aliphatic carbocycles. The number of ether oxygens (including phenoxy) is 1. The molecule has 33 heavy (non-hydrogen) atoms. The highest BCUT2D eigenvalue weighted by atomic mass is 19.4. The molecule has 0 aliphatic rings. The summed E-state index contributed by atoms with van der Waals surface area (Å²) in [6, 6.07) is 9.86. The van der Waals surface area contributed by atoms with E-state index in [4.69, 9.17) is 15.5 Å². The monoisotopic (exact) mass is 456 g/mol. The number of halogens is 3. The van der Waals surface area contributed by atoms with Crippen molar-refractivity contribution < 1.29 is 17.9 Å². The Balaban J connectivity index is 1.87. The lowest BCUT2D eigenvalue weighted by atomic mass is 10.1. The van der Waals surface area contributed by atoms with E-state index in [1.807, 2.05) is 31.2 Å². The van der Waals surface area contributed by atoms with Crippen molar-refractivity contribution in [3.63, 3.8) is 0 Å². The first-order chi connectivity index (χ1) is 15.8. The molecule has 0 spiro atoms. The van der Waals surface area contributed by atoms with Gasteiger partial charge in [-0.3, -0.25) is 4.98 Å². The summed E-state index contributed by atoms with van der Waals surface area (Å²) in [5.74, 6) is 0.347. The summed E-state index contributed by atoms with van der Waals surface area (Å²) in [4.78, 5) is 12.4. The predicted octanol–water partition coefficient (Wildman–Crippen LogP) is 5.09. The van der Waals surface area contributed by atoms with Gasteiger partial charge in [0, 0.05) is 17.8 Å². The van der Waals surface area contributed by atoms with Crippen LogP contribution in [0.1, 0.15) is 44.1 Å². The van der Waals surface area contributed by atoms with Gasteiger partial charge in [-0.25, -0.2) is 9.97 Å². The Morgan fingerprint density at radius 3 is 2.67 bits per heavy atom. The lowest BCUT2D eigenvalue weighted by molar-refractivity contribution is -0.141. The molecule has 0 fully saturated rings. The topological polar surface area (TPSA) is 91.7 Å². The summed E-state index contributed by atoms with van der Waals surface area (Å²) in [6.45, 7) is 4.31. The fourth-order valence-corrected chi connectivity index (χ4v) is 3.56. The summed E-state index contributed by atoms with van der Waals surface area (Å²) in [5.41, 5.74) is 7.84. The third-order valence-corrected chi connectivity index (χ3v) is 5.12. The molecule has 1 atom stereocenters. The minimum atomic E-state index is -4.59. The zero-order valence-electron chi connectivity index (χ0n) is 18.2.